The molecular weight excluding hydrogens is 326 g/mol. The largest absolute Gasteiger partial charge is 0.356 e. The molecular formula is C20H21N5O. The van der Waals surface area contributed by atoms with Gasteiger partial charge >= 0.3 is 0 Å². The average molecular weight is 347 g/mol. The maximum atomic E-state index is 12.0. The van der Waals surface area contributed by atoms with Crippen molar-refractivity contribution in [3.8, 4) is 0 Å². The number of amides is 1. The maximum Gasteiger partial charge on any atom is 0.220 e. The summed E-state index contributed by atoms with van der Waals surface area (Å²) >= 11 is 0. The van der Waals surface area contributed by atoms with E-state index in [4.69, 9.17) is 0 Å². The van der Waals surface area contributed by atoms with E-state index in [2.05, 4.69) is 30.9 Å². The van der Waals surface area contributed by atoms with Crippen molar-refractivity contribution >= 4 is 28.0 Å². The molecule has 26 heavy (non-hydrogen) atoms. The number of nitrogens with zero attached hydrogens (tertiary/aromatic N) is 3. The first kappa shape index (κ1) is 16.3. The molecule has 2 aromatic heterocycles. The molecule has 0 fully saturated rings. The minimum absolute atomic E-state index is 0.0564. The van der Waals surface area contributed by atoms with Crippen molar-refractivity contribution < 1.29 is 4.79 Å². The number of aryl methyl sites for hydroxylation is 2. The van der Waals surface area contributed by atoms with Crippen LogP contribution in [0.25, 0.3) is 22.1 Å². The van der Waals surface area contributed by atoms with E-state index < -0.39 is 0 Å². The first-order valence-electron chi connectivity index (χ1n) is 8.90. The topological polar surface area (TPSA) is 75.6 Å². The van der Waals surface area contributed by atoms with E-state index in [9.17, 15) is 4.79 Å². The Balaban J connectivity index is 1.21. The third kappa shape index (κ3) is 3.59. The van der Waals surface area contributed by atoms with Crippen LogP contribution >= 0.6 is 0 Å². The van der Waals surface area contributed by atoms with Gasteiger partial charge in [-0.25, -0.2) is 9.97 Å². The van der Waals surface area contributed by atoms with Gasteiger partial charge in [-0.05, 0) is 30.7 Å². The van der Waals surface area contributed by atoms with Gasteiger partial charge in [0.2, 0.25) is 5.91 Å². The molecule has 0 spiro atoms. The van der Waals surface area contributed by atoms with Crippen LogP contribution in [0.2, 0.25) is 0 Å². The molecule has 0 aliphatic rings. The Kier molecular flexibility index (Phi) is 4.64. The summed E-state index contributed by atoms with van der Waals surface area (Å²) in [5.74, 6) is 0.909. The second-order valence-electron chi connectivity index (χ2n) is 6.33. The maximum absolute atomic E-state index is 12.0. The predicted octanol–water partition coefficient (Wildman–Crippen LogP) is 3.05. The standard InChI is InChI=1S/C20H21N5O/c26-20(11-10-19-23-15-6-1-2-7-16(15)24-19)21-12-5-13-25-14-22-17-8-3-4-9-18(17)25/h1-4,6-9,14H,5,10-13H2,(H,21,26)(H,23,24). The Bertz CT molecular complexity index is 1000. The molecule has 0 atom stereocenters. The molecule has 4 aromatic rings. The Labute approximate surface area is 151 Å². The lowest BCUT2D eigenvalue weighted by Gasteiger charge is -2.06. The molecule has 1 amide bonds. The van der Waals surface area contributed by atoms with Crippen LogP contribution in [0, 0.1) is 0 Å². The number of nitrogens with one attached hydrogen (secondary N) is 2. The number of aromatic nitrogens is 4. The van der Waals surface area contributed by atoms with Crippen molar-refractivity contribution in [1.29, 1.82) is 0 Å². The lowest BCUT2D eigenvalue weighted by atomic mass is 10.3. The zero-order valence-electron chi connectivity index (χ0n) is 14.5. The molecule has 2 N–H and O–H groups in total. The quantitative estimate of drug-likeness (QED) is 0.505. The second kappa shape index (κ2) is 7.39. The van der Waals surface area contributed by atoms with E-state index in [1.54, 1.807) is 0 Å². The fourth-order valence-corrected chi connectivity index (χ4v) is 3.11. The lowest BCUT2D eigenvalue weighted by Crippen LogP contribution is -2.25. The average Bonchev–Trinajstić information content (AvgIpc) is 3.27. The minimum Gasteiger partial charge on any atom is -0.356 e. The third-order valence-corrected chi connectivity index (χ3v) is 4.45. The summed E-state index contributed by atoms with van der Waals surface area (Å²) in [6, 6.07) is 16.0. The summed E-state index contributed by atoms with van der Waals surface area (Å²) in [5, 5.41) is 2.98. The molecule has 0 aliphatic carbocycles. The number of H-pyrrole nitrogens is 1. The molecule has 0 bridgehead atoms. The first-order valence-corrected chi connectivity index (χ1v) is 8.90. The van der Waals surface area contributed by atoms with Crippen LogP contribution in [0.5, 0.6) is 0 Å². The van der Waals surface area contributed by atoms with Gasteiger partial charge in [0.1, 0.15) is 5.82 Å². The zero-order chi connectivity index (χ0) is 17.8. The first-order chi connectivity index (χ1) is 12.8. The smallest absolute Gasteiger partial charge is 0.220 e. The van der Waals surface area contributed by atoms with Gasteiger partial charge in [-0.15, -0.1) is 0 Å². The van der Waals surface area contributed by atoms with Gasteiger partial charge in [0, 0.05) is 25.9 Å². The number of hydrogen-bond acceptors (Lipinski definition) is 3. The highest BCUT2D eigenvalue weighted by atomic mass is 16.1. The lowest BCUT2D eigenvalue weighted by molar-refractivity contribution is -0.121. The molecule has 2 aromatic carbocycles. The normalized spacial score (nSPS) is 11.2. The van der Waals surface area contributed by atoms with E-state index in [1.165, 1.54) is 0 Å². The molecule has 6 heteroatoms. The van der Waals surface area contributed by atoms with Crippen molar-refractivity contribution in [1.82, 2.24) is 24.8 Å². The molecule has 0 radical (unpaired) electrons. The molecule has 0 saturated carbocycles. The highest BCUT2D eigenvalue weighted by molar-refractivity contribution is 5.77. The fraction of sp³-hybridized carbons (Fsp3) is 0.250. The van der Waals surface area contributed by atoms with Crippen LogP contribution in [0.1, 0.15) is 18.7 Å². The Morgan fingerprint density at radius 1 is 1.08 bits per heavy atom. The Hall–Kier alpha value is -3.15. The third-order valence-electron chi connectivity index (χ3n) is 4.45. The number of rotatable bonds is 7. The molecule has 0 aliphatic heterocycles. The van der Waals surface area contributed by atoms with Crippen LogP contribution in [0.4, 0.5) is 0 Å². The van der Waals surface area contributed by atoms with Crippen LogP contribution in [-0.2, 0) is 17.8 Å². The Morgan fingerprint density at radius 3 is 2.77 bits per heavy atom. The van der Waals surface area contributed by atoms with Gasteiger partial charge in [-0.3, -0.25) is 4.79 Å². The van der Waals surface area contributed by atoms with Crippen molar-refractivity contribution in [3.63, 3.8) is 0 Å². The van der Waals surface area contributed by atoms with Crippen molar-refractivity contribution in [2.75, 3.05) is 6.54 Å². The molecule has 2 heterocycles. The van der Waals surface area contributed by atoms with Gasteiger partial charge in [0.05, 0.1) is 28.4 Å². The highest BCUT2D eigenvalue weighted by Crippen LogP contribution is 2.12. The van der Waals surface area contributed by atoms with E-state index in [1.807, 2.05) is 48.8 Å². The van der Waals surface area contributed by atoms with E-state index >= 15 is 0 Å². The number of hydrogen-bond donors (Lipinski definition) is 2. The fourth-order valence-electron chi connectivity index (χ4n) is 3.11. The van der Waals surface area contributed by atoms with Crippen molar-refractivity contribution in [3.05, 3.63) is 60.7 Å². The van der Waals surface area contributed by atoms with Crippen LogP contribution in [0.3, 0.4) is 0 Å². The number of para-hydroxylation sites is 4. The molecule has 0 unspecified atom stereocenters. The van der Waals surface area contributed by atoms with Crippen molar-refractivity contribution in [2.45, 2.75) is 25.8 Å². The van der Waals surface area contributed by atoms with E-state index in [0.717, 1.165) is 40.9 Å². The number of carbonyl (C=O) groups excluding carboxylic acids is 1. The monoisotopic (exact) mass is 347 g/mol. The summed E-state index contributed by atoms with van der Waals surface area (Å²) in [5.41, 5.74) is 4.08. The van der Waals surface area contributed by atoms with Crippen molar-refractivity contribution in [2.24, 2.45) is 0 Å². The number of aromatic amines is 1. The summed E-state index contributed by atoms with van der Waals surface area (Å²) in [4.78, 5) is 24.2. The predicted molar refractivity (Wildman–Crippen MR) is 102 cm³/mol. The van der Waals surface area contributed by atoms with Gasteiger partial charge in [0.15, 0.2) is 0 Å². The second-order valence-corrected chi connectivity index (χ2v) is 6.33. The molecule has 132 valence electrons. The van der Waals surface area contributed by atoms with E-state index in [-0.39, 0.29) is 5.91 Å². The SMILES string of the molecule is O=C(CCc1nc2ccccc2[nH]1)NCCCn1cnc2ccccc21. The van der Waals surface area contributed by atoms with Gasteiger partial charge in [0.25, 0.3) is 0 Å². The number of fused-ring (bicyclic) bond motifs is 2. The van der Waals surface area contributed by atoms with Crippen LogP contribution in [0.15, 0.2) is 54.9 Å². The summed E-state index contributed by atoms with van der Waals surface area (Å²) in [6.45, 7) is 1.50. The number of carbonyl (C=O) groups is 1. The van der Waals surface area contributed by atoms with Crippen LogP contribution < -0.4 is 5.32 Å². The minimum atomic E-state index is 0.0564. The summed E-state index contributed by atoms with van der Waals surface area (Å²) in [6.07, 6.45) is 3.78. The molecule has 4 rings (SSSR count). The van der Waals surface area contributed by atoms with Gasteiger partial charge < -0.3 is 14.9 Å². The summed E-state index contributed by atoms with van der Waals surface area (Å²) < 4.78 is 2.12. The number of benzene rings is 2. The van der Waals surface area contributed by atoms with E-state index in [0.29, 0.717) is 19.4 Å². The van der Waals surface area contributed by atoms with Gasteiger partial charge in [-0.2, -0.15) is 0 Å². The van der Waals surface area contributed by atoms with Gasteiger partial charge in [-0.1, -0.05) is 24.3 Å². The van der Waals surface area contributed by atoms with Crippen LogP contribution in [-0.4, -0.2) is 32.0 Å². The number of imidazole rings is 2. The molecule has 0 saturated heterocycles. The Morgan fingerprint density at radius 2 is 1.88 bits per heavy atom. The molecule has 6 nitrogen and oxygen atoms in total. The zero-order valence-corrected chi connectivity index (χ0v) is 14.5. The summed E-state index contributed by atoms with van der Waals surface area (Å²) in [7, 11) is 0. The highest BCUT2D eigenvalue weighted by Gasteiger charge is 2.06.